The van der Waals surface area contributed by atoms with Gasteiger partial charge in [-0.25, -0.2) is 8.42 Å². The summed E-state index contributed by atoms with van der Waals surface area (Å²) in [5, 5.41) is 0. The molecule has 2 aliphatic heterocycles. The zero-order chi connectivity index (χ0) is 18.7. The minimum Gasteiger partial charge on any atom is -0.493 e. The third-order valence-corrected chi connectivity index (χ3v) is 6.64. The Labute approximate surface area is 153 Å². The van der Waals surface area contributed by atoms with E-state index in [0.717, 1.165) is 12.8 Å². The number of hydrogen-bond acceptors (Lipinski definition) is 6. The van der Waals surface area contributed by atoms with Crippen LogP contribution in [0.15, 0.2) is 23.1 Å². The standard InChI is InChI=1S/C17H24N2O6S/c1-23-14-6-5-13(12-16(14)24-2)26(21,22)19-9-7-18(8-10-19)17(20)15-4-3-11-25-15/h5-6,12,15H,3-4,7-11H2,1-2H3. The van der Waals surface area contributed by atoms with E-state index in [1.54, 1.807) is 11.0 Å². The van der Waals surface area contributed by atoms with E-state index in [-0.39, 0.29) is 30.0 Å². The van der Waals surface area contributed by atoms with Crippen LogP contribution in [0.25, 0.3) is 0 Å². The van der Waals surface area contributed by atoms with Gasteiger partial charge in [-0.05, 0) is 25.0 Å². The molecule has 1 amide bonds. The molecule has 0 bridgehead atoms. The Balaban J connectivity index is 1.69. The van der Waals surface area contributed by atoms with Gasteiger partial charge in [0.15, 0.2) is 11.5 Å². The van der Waals surface area contributed by atoms with E-state index in [0.29, 0.717) is 31.2 Å². The number of hydrogen-bond donors (Lipinski definition) is 0. The highest BCUT2D eigenvalue weighted by Crippen LogP contribution is 2.31. The predicted octanol–water partition coefficient (Wildman–Crippen LogP) is 0.716. The van der Waals surface area contributed by atoms with Gasteiger partial charge in [0.1, 0.15) is 6.10 Å². The van der Waals surface area contributed by atoms with Crippen molar-refractivity contribution >= 4 is 15.9 Å². The molecule has 26 heavy (non-hydrogen) atoms. The van der Waals surface area contributed by atoms with Crippen molar-refractivity contribution < 1.29 is 27.4 Å². The van der Waals surface area contributed by atoms with Crippen LogP contribution in [0.3, 0.4) is 0 Å². The molecule has 1 aromatic rings. The summed E-state index contributed by atoms with van der Waals surface area (Å²) in [6.07, 6.45) is 1.26. The molecule has 0 spiro atoms. The monoisotopic (exact) mass is 384 g/mol. The van der Waals surface area contributed by atoms with Crippen LogP contribution in [0.1, 0.15) is 12.8 Å². The Morgan fingerprint density at radius 3 is 2.38 bits per heavy atom. The predicted molar refractivity (Wildman–Crippen MR) is 93.9 cm³/mol. The Morgan fingerprint density at radius 1 is 1.12 bits per heavy atom. The summed E-state index contributed by atoms with van der Waals surface area (Å²) in [6, 6.07) is 4.53. The average Bonchev–Trinajstić information content (AvgIpc) is 3.21. The van der Waals surface area contributed by atoms with E-state index in [9.17, 15) is 13.2 Å². The minimum absolute atomic E-state index is 0.0364. The van der Waals surface area contributed by atoms with Crippen LogP contribution in [0.5, 0.6) is 11.5 Å². The summed E-state index contributed by atoms with van der Waals surface area (Å²) in [4.78, 5) is 14.2. The Morgan fingerprint density at radius 2 is 1.81 bits per heavy atom. The summed E-state index contributed by atoms with van der Waals surface area (Å²) < 4.78 is 42.9. The van der Waals surface area contributed by atoms with Crippen LogP contribution in [0, 0.1) is 0 Å². The van der Waals surface area contributed by atoms with Gasteiger partial charge in [-0.3, -0.25) is 4.79 Å². The van der Waals surface area contributed by atoms with Gasteiger partial charge in [0.2, 0.25) is 10.0 Å². The maximum absolute atomic E-state index is 12.9. The molecule has 1 aromatic carbocycles. The molecule has 0 radical (unpaired) electrons. The van der Waals surface area contributed by atoms with Crippen molar-refractivity contribution in [2.75, 3.05) is 47.0 Å². The van der Waals surface area contributed by atoms with Crippen molar-refractivity contribution in [1.29, 1.82) is 0 Å². The number of sulfonamides is 1. The first-order chi connectivity index (χ1) is 12.5. The fourth-order valence-corrected chi connectivity index (χ4v) is 4.69. The normalized spacial score (nSPS) is 21.6. The second-order valence-corrected chi connectivity index (χ2v) is 8.19. The highest BCUT2D eigenvalue weighted by Gasteiger charge is 2.34. The molecule has 2 saturated heterocycles. The van der Waals surface area contributed by atoms with Crippen molar-refractivity contribution in [3.8, 4) is 11.5 Å². The van der Waals surface area contributed by atoms with Gasteiger partial charge in [0.25, 0.3) is 5.91 Å². The smallest absolute Gasteiger partial charge is 0.251 e. The molecule has 0 saturated carbocycles. The van der Waals surface area contributed by atoms with Gasteiger partial charge in [-0.15, -0.1) is 0 Å². The number of nitrogens with zero attached hydrogens (tertiary/aromatic N) is 2. The number of rotatable bonds is 5. The highest BCUT2D eigenvalue weighted by molar-refractivity contribution is 7.89. The molecule has 0 aliphatic carbocycles. The molecule has 1 unspecified atom stereocenters. The van der Waals surface area contributed by atoms with Gasteiger partial charge < -0.3 is 19.1 Å². The van der Waals surface area contributed by atoms with Crippen molar-refractivity contribution in [2.24, 2.45) is 0 Å². The number of carbonyl (C=O) groups is 1. The van der Waals surface area contributed by atoms with E-state index in [1.807, 2.05) is 0 Å². The summed E-state index contributed by atoms with van der Waals surface area (Å²) in [5.41, 5.74) is 0. The van der Waals surface area contributed by atoms with Crippen molar-refractivity contribution in [1.82, 2.24) is 9.21 Å². The Kier molecular flexibility index (Phi) is 5.69. The summed E-state index contributed by atoms with van der Waals surface area (Å²) in [7, 11) is -0.701. The molecule has 2 aliphatic rings. The van der Waals surface area contributed by atoms with Gasteiger partial charge >= 0.3 is 0 Å². The van der Waals surface area contributed by atoms with Crippen LogP contribution < -0.4 is 9.47 Å². The number of amides is 1. The van der Waals surface area contributed by atoms with Crippen LogP contribution in [0.4, 0.5) is 0 Å². The van der Waals surface area contributed by atoms with Crippen molar-refractivity contribution in [3.05, 3.63) is 18.2 Å². The first-order valence-electron chi connectivity index (χ1n) is 8.60. The summed E-state index contributed by atoms with van der Waals surface area (Å²) in [6.45, 7) is 1.87. The van der Waals surface area contributed by atoms with Crippen LogP contribution in [0.2, 0.25) is 0 Å². The van der Waals surface area contributed by atoms with E-state index >= 15 is 0 Å². The van der Waals surface area contributed by atoms with E-state index in [2.05, 4.69) is 0 Å². The number of piperazine rings is 1. The van der Waals surface area contributed by atoms with Crippen molar-refractivity contribution in [3.63, 3.8) is 0 Å². The molecule has 8 nitrogen and oxygen atoms in total. The number of methoxy groups -OCH3 is 2. The van der Waals surface area contributed by atoms with Crippen LogP contribution >= 0.6 is 0 Å². The quantitative estimate of drug-likeness (QED) is 0.744. The Hall–Kier alpha value is -1.84. The topological polar surface area (TPSA) is 85.4 Å². The molecule has 2 fully saturated rings. The molecule has 2 heterocycles. The van der Waals surface area contributed by atoms with E-state index in [4.69, 9.17) is 14.2 Å². The largest absolute Gasteiger partial charge is 0.493 e. The molecule has 9 heteroatoms. The fourth-order valence-electron chi connectivity index (χ4n) is 3.25. The minimum atomic E-state index is -3.66. The maximum Gasteiger partial charge on any atom is 0.251 e. The Bertz CT molecular complexity index is 753. The highest BCUT2D eigenvalue weighted by atomic mass is 32.2. The lowest BCUT2D eigenvalue weighted by atomic mass is 10.2. The number of benzene rings is 1. The second-order valence-electron chi connectivity index (χ2n) is 6.25. The lowest BCUT2D eigenvalue weighted by molar-refractivity contribution is -0.142. The molecule has 3 rings (SSSR count). The fraction of sp³-hybridized carbons (Fsp3) is 0.588. The van der Waals surface area contributed by atoms with Gasteiger partial charge in [-0.2, -0.15) is 4.31 Å². The third-order valence-electron chi connectivity index (χ3n) is 4.75. The SMILES string of the molecule is COc1ccc(S(=O)(=O)N2CCN(C(=O)C3CCCO3)CC2)cc1OC. The van der Waals surface area contributed by atoms with Crippen molar-refractivity contribution in [2.45, 2.75) is 23.8 Å². The molecule has 0 aromatic heterocycles. The zero-order valence-electron chi connectivity index (χ0n) is 15.0. The molecule has 0 N–H and O–H groups in total. The first kappa shape index (κ1) is 18.9. The molecule has 144 valence electrons. The van der Waals surface area contributed by atoms with Gasteiger partial charge in [0, 0.05) is 38.9 Å². The maximum atomic E-state index is 12.9. The number of carbonyl (C=O) groups excluding carboxylic acids is 1. The second kappa shape index (κ2) is 7.81. The van der Waals surface area contributed by atoms with E-state index < -0.39 is 10.0 Å². The van der Waals surface area contributed by atoms with E-state index in [1.165, 1.54) is 30.7 Å². The lowest BCUT2D eigenvalue weighted by Crippen LogP contribution is -2.52. The zero-order valence-corrected chi connectivity index (χ0v) is 15.8. The lowest BCUT2D eigenvalue weighted by Gasteiger charge is -2.35. The summed E-state index contributed by atoms with van der Waals surface area (Å²) >= 11 is 0. The van der Waals surface area contributed by atoms with Crippen LogP contribution in [-0.2, 0) is 19.6 Å². The summed E-state index contributed by atoms with van der Waals surface area (Å²) in [5.74, 6) is 0.796. The molecular formula is C17H24N2O6S. The number of ether oxygens (including phenoxy) is 3. The van der Waals surface area contributed by atoms with Gasteiger partial charge in [0.05, 0.1) is 19.1 Å². The average molecular weight is 384 g/mol. The first-order valence-corrected chi connectivity index (χ1v) is 10.0. The molecular weight excluding hydrogens is 360 g/mol. The molecule has 1 atom stereocenters. The van der Waals surface area contributed by atoms with Crippen LogP contribution in [-0.4, -0.2) is 76.6 Å². The third kappa shape index (κ3) is 3.65. The van der Waals surface area contributed by atoms with Gasteiger partial charge in [-0.1, -0.05) is 0 Å².